The Kier molecular flexibility index (Phi) is 7.92. The van der Waals surface area contributed by atoms with Gasteiger partial charge in [-0.15, -0.1) is 0 Å². The second kappa shape index (κ2) is 11.1. The Balaban J connectivity index is 1.44. The van der Waals surface area contributed by atoms with E-state index in [4.69, 9.17) is 9.47 Å². The summed E-state index contributed by atoms with van der Waals surface area (Å²) in [4.78, 5) is 24.6. The number of ether oxygens (including phenoxy) is 2. The van der Waals surface area contributed by atoms with Crippen LogP contribution in [-0.4, -0.2) is 37.6 Å². The average Bonchev–Trinajstić information content (AvgIpc) is 2.77. The quantitative estimate of drug-likeness (QED) is 0.638. The van der Waals surface area contributed by atoms with E-state index in [1.807, 2.05) is 30.3 Å². The van der Waals surface area contributed by atoms with E-state index in [0.717, 1.165) is 31.4 Å². The zero-order valence-corrected chi connectivity index (χ0v) is 16.6. The second-order valence-electron chi connectivity index (χ2n) is 7.09. The van der Waals surface area contributed by atoms with Crippen LogP contribution in [0.15, 0.2) is 54.6 Å². The third-order valence-corrected chi connectivity index (χ3v) is 4.86. The van der Waals surface area contributed by atoms with E-state index in [-0.39, 0.29) is 24.4 Å². The van der Waals surface area contributed by atoms with Crippen LogP contribution in [0.25, 0.3) is 0 Å². The highest BCUT2D eigenvalue weighted by molar-refractivity contribution is 5.98. The van der Waals surface area contributed by atoms with Crippen LogP contribution in [0, 0.1) is 0 Å². The monoisotopic (exact) mass is 396 g/mol. The number of nitrogens with one attached hydrogen (secondary N) is 2. The van der Waals surface area contributed by atoms with Gasteiger partial charge in [0.15, 0.2) is 0 Å². The number of para-hydroxylation sites is 2. The highest BCUT2D eigenvalue weighted by Crippen LogP contribution is 2.19. The molecule has 0 aliphatic heterocycles. The SMILES string of the molecule is O=C(CNC(=O)c1ccccc1OCCOc1ccccc1)NC1CCCCC1. The molecule has 0 atom stereocenters. The Hall–Kier alpha value is -3.02. The molecule has 2 N–H and O–H groups in total. The predicted molar refractivity (Wildman–Crippen MR) is 111 cm³/mol. The van der Waals surface area contributed by atoms with E-state index in [9.17, 15) is 9.59 Å². The molecule has 0 bridgehead atoms. The van der Waals surface area contributed by atoms with Crippen LogP contribution in [-0.2, 0) is 4.79 Å². The fourth-order valence-corrected chi connectivity index (χ4v) is 3.39. The third kappa shape index (κ3) is 6.82. The molecule has 0 unspecified atom stereocenters. The fourth-order valence-electron chi connectivity index (χ4n) is 3.39. The molecule has 2 aromatic carbocycles. The largest absolute Gasteiger partial charge is 0.490 e. The lowest BCUT2D eigenvalue weighted by atomic mass is 9.95. The Morgan fingerprint density at radius 2 is 1.55 bits per heavy atom. The molecule has 1 aliphatic carbocycles. The first-order valence-electron chi connectivity index (χ1n) is 10.2. The van der Waals surface area contributed by atoms with Gasteiger partial charge in [-0.1, -0.05) is 49.6 Å². The number of hydrogen-bond donors (Lipinski definition) is 2. The molecule has 0 heterocycles. The maximum Gasteiger partial charge on any atom is 0.255 e. The number of benzene rings is 2. The molecule has 3 rings (SSSR count). The molecule has 6 heteroatoms. The highest BCUT2D eigenvalue weighted by atomic mass is 16.5. The van der Waals surface area contributed by atoms with Crippen LogP contribution >= 0.6 is 0 Å². The highest BCUT2D eigenvalue weighted by Gasteiger charge is 2.17. The first kappa shape index (κ1) is 20.7. The van der Waals surface area contributed by atoms with Gasteiger partial charge in [0.1, 0.15) is 24.7 Å². The molecular formula is C23H28N2O4. The Morgan fingerprint density at radius 1 is 0.862 bits per heavy atom. The van der Waals surface area contributed by atoms with Crippen molar-refractivity contribution in [3.05, 3.63) is 60.2 Å². The summed E-state index contributed by atoms with van der Waals surface area (Å²) in [6.07, 6.45) is 5.56. The molecule has 0 saturated heterocycles. The number of amides is 2. The third-order valence-electron chi connectivity index (χ3n) is 4.86. The zero-order valence-electron chi connectivity index (χ0n) is 16.6. The predicted octanol–water partition coefficient (Wildman–Crippen LogP) is 3.32. The molecule has 1 saturated carbocycles. The molecule has 29 heavy (non-hydrogen) atoms. The van der Waals surface area contributed by atoms with Gasteiger partial charge in [-0.25, -0.2) is 0 Å². The van der Waals surface area contributed by atoms with E-state index in [2.05, 4.69) is 10.6 Å². The van der Waals surface area contributed by atoms with E-state index in [0.29, 0.717) is 24.5 Å². The summed E-state index contributed by atoms with van der Waals surface area (Å²) in [6, 6.07) is 16.7. The van der Waals surface area contributed by atoms with Crippen molar-refractivity contribution in [2.45, 2.75) is 38.1 Å². The van der Waals surface area contributed by atoms with Crippen molar-refractivity contribution in [3.8, 4) is 11.5 Å². The van der Waals surface area contributed by atoms with Crippen LogP contribution in [0.3, 0.4) is 0 Å². The van der Waals surface area contributed by atoms with Crippen molar-refractivity contribution >= 4 is 11.8 Å². The van der Waals surface area contributed by atoms with Crippen molar-refractivity contribution in [1.29, 1.82) is 0 Å². The molecule has 2 amide bonds. The molecule has 0 spiro atoms. The van der Waals surface area contributed by atoms with E-state index in [1.54, 1.807) is 24.3 Å². The molecule has 154 valence electrons. The topological polar surface area (TPSA) is 76.7 Å². The minimum Gasteiger partial charge on any atom is -0.490 e. The average molecular weight is 396 g/mol. The van der Waals surface area contributed by atoms with Crippen molar-refractivity contribution in [1.82, 2.24) is 10.6 Å². The van der Waals surface area contributed by atoms with Gasteiger partial charge in [0.05, 0.1) is 12.1 Å². The fraction of sp³-hybridized carbons (Fsp3) is 0.391. The van der Waals surface area contributed by atoms with Crippen LogP contribution in [0.1, 0.15) is 42.5 Å². The molecule has 0 aromatic heterocycles. The van der Waals surface area contributed by atoms with Crippen LogP contribution in [0.5, 0.6) is 11.5 Å². The summed E-state index contributed by atoms with van der Waals surface area (Å²) in [6.45, 7) is 0.631. The van der Waals surface area contributed by atoms with Crippen molar-refractivity contribution < 1.29 is 19.1 Å². The molecule has 1 fully saturated rings. The molecule has 0 radical (unpaired) electrons. The van der Waals surface area contributed by atoms with E-state index >= 15 is 0 Å². The lowest BCUT2D eigenvalue weighted by molar-refractivity contribution is -0.121. The lowest BCUT2D eigenvalue weighted by Gasteiger charge is -2.22. The number of carbonyl (C=O) groups is 2. The standard InChI is InChI=1S/C23H28N2O4/c26-22(25-18-9-3-1-4-10-18)17-24-23(27)20-13-7-8-14-21(20)29-16-15-28-19-11-5-2-6-12-19/h2,5-8,11-14,18H,1,3-4,9-10,15-17H2,(H,24,27)(H,25,26). The van der Waals surface area contributed by atoms with Gasteiger partial charge in [-0.3, -0.25) is 9.59 Å². The molecule has 2 aromatic rings. The van der Waals surface area contributed by atoms with Gasteiger partial charge in [0.25, 0.3) is 5.91 Å². The van der Waals surface area contributed by atoms with Gasteiger partial charge in [0.2, 0.25) is 5.91 Å². The van der Waals surface area contributed by atoms with Gasteiger partial charge in [-0.05, 0) is 37.1 Å². The smallest absolute Gasteiger partial charge is 0.255 e. The minimum absolute atomic E-state index is 0.0409. The van der Waals surface area contributed by atoms with Gasteiger partial charge in [-0.2, -0.15) is 0 Å². The van der Waals surface area contributed by atoms with Gasteiger partial charge in [0, 0.05) is 6.04 Å². The van der Waals surface area contributed by atoms with Crippen molar-refractivity contribution in [3.63, 3.8) is 0 Å². The Morgan fingerprint density at radius 3 is 2.34 bits per heavy atom. The number of hydrogen-bond acceptors (Lipinski definition) is 4. The minimum atomic E-state index is -0.330. The van der Waals surface area contributed by atoms with E-state index in [1.165, 1.54) is 6.42 Å². The van der Waals surface area contributed by atoms with Crippen LogP contribution in [0.4, 0.5) is 0 Å². The molecule has 6 nitrogen and oxygen atoms in total. The van der Waals surface area contributed by atoms with Gasteiger partial charge >= 0.3 is 0 Å². The van der Waals surface area contributed by atoms with Crippen LogP contribution in [0.2, 0.25) is 0 Å². The van der Waals surface area contributed by atoms with Crippen molar-refractivity contribution in [2.75, 3.05) is 19.8 Å². The Labute approximate surface area is 171 Å². The summed E-state index contributed by atoms with van der Waals surface area (Å²) < 4.78 is 11.3. The molecule has 1 aliphatic rings. The van der Waals surface area contributed by atoms with E-state index < -0.39 is 0 Å². The maximum atomic E-state index is 12.5. The zero-order chi connectivity index (χ0) is 20.3. The summed E-state index contributed by atoms with van der Waals surface area (Å²) in [5.41, 5.74) is 0.401. The summed E-state index contributed by atoms with van der Waals surface area (Å²) in [7, 11) is 0. The van der Waals surface area contributed by atoms with Crippen molar-refractivity contribution in [2.24, 2.45) is 0 Å². The summed E-state index contributed by atoms with van der Waals surface area (Å²) in [5.74, 6) is 0.753. The van der Waals surface area contributed by atoms with Gasteiger partial charge < -0.3 is 20.1 Å². The molecular weight excluding hydrogens is 368 g/mol. The second-order valence-corrected chi connectivity index (χ2v) is 7.09. The maximum absolute atomic E-state index is 12.5. The number of carbonyl (C=O) groups excluding carboxylic acids is 2. The first-order valence-corrected chi connectivity index (χ1v) is 10.2. The number of rotatable bonds is 9. The Bertz CT molecular complexity index is 788. The summed E-state index contributed by atoms with van der Waals surface area (Å²) in [5, 5.41) is 5.68. The van der Waals surface area contributed by atoms with Crippen LogP contribution < -0.4 is 20.1 Å². The summed E-state index contributed by atoms with van der Waals surface area (Å²) >= 11 is 0. The first-order chi connectivity index (χ1) is 14.2. The normalized spacial score (nSPS) is 14.1. The lowest BCUT2D eigenvalue weighted by Crippen LogP contribution is -2.42.